The Kier molecular flexibility index (Phi) is 6.07. The summed E-state index contributed by atoms with van der Waals surface area (Å²) in [6.45, 7) is 0.723. The van der Waals surface area contributed by atoms with Crippen molar-refractivity contribution in [3.8, 4) is 11.5 Å². The lowest BCUT2D eigenvalue weighted by atomic mass is 10.1. The minimum Gasteiger partial charge on any atom is -0.485 e. The molecule has 3 aromatic rings. The second-order valence-electron chi connectivity index (χ2n) is 6.07. The maximum Gasteiger partial charge on any atom is 0.325 e. The van der Waals surface area contributed by atoms with Gasteiger partial charge in [-0.05, 0) is 28.8 Å². The van der Waals surface area contributed by atoms with Crippen molar-refractivity contribution >= 4 is 5.97 Å². The van der Waals surface area contributed by atoms with Gasteiger partial charge in [0.15, 0.2) is 11.5 Å². The molecule has 3 aromatic carbocycles. The number of rotatable bonds is 8. The smallest absolute Gasteiger partial charge is 0.325 e. The van der Waals surface area contributed by atoms with Gasteiger partial charge >= 0.3 is 5.97 Å². The highest BCUT2D eigenvalue weighted by Gasteiger charge is 2.17. The summed E-state index contributed by atoms with van der Waals surface area (Å²) in [4.78, 5) is 11.2. The van der Waals surface area contributed by atoms with Crippen LogP contribution in [-0.2, 0) is 18.0 Å². The highest BCUT2D eigenvalue weighted by Crippen LogP contribution is 2.31. The number of hydrogen-bond donors (Lipinski definition) is 2. The third-order valence-electron chi connectivity index (χ3n) is 4.07. The van der Waals surface area contributed by atoms with Gasteiger partial charge in [-0.25, -0.2) is 0 Å². The van der Waals surface area contributed by atoms with Gasteiger partial charge in [0, 0.05) is 0 Å². The van der Waals surface area contributed by atoms with Crippen LogP contribution in [0.3, 0.4) is 0 Å². The van der Waals surface area contributed by atoms with Gasteiger partial charge in [-0.1, -0.05) is 66.7 Å². The molecule has 0 aliphatic carbocycles. The van der Waals surface area contributed by atoms with Crippen molar-refractivity contribution in [2.75, 3.05) is 0 Å². The fraction of sp³-hybridized carbons (Fsp3) is 0.136. The first-order valence-corrected chi connectivity index (χ1v) is 8.59. The van der Waals surface area contributed by atoms with Crippen LogP contribution in [0.15, 0.2) is 78.9 Å². The highest BCUT2D eigenvalue weighted by molar-refractivity contribution is 5.75. The zero-order valence-corrected chi connectivity index (χ0v) is 14.7. The first-order chi connectivity index (χ1) is 13.1. The third-order valence-corrected chi connectivity index (χ3v) is 4.07. The van der Waals surface area contributed by atoms with Crippen LogP contribution in [0.4, 0.5) is 0 Å². The number of carboxylic acids is 1. The number of carbonyl (C=O) groups is 1. The van der Waals surface area contributed by atoms with E-state index >= 15 is 0 Å². The van der Waals surface area contributed by atoms with E-state index in [1.54, 1.807) is 18.2 Å². The van der Waals surface area contributed by atoms with E-state index in [1.165, 1.54) is 0 Å². The molecule has 3 N–H and O–H groups in total. The quantitative estimate of drug-likeness (QED) is 0.634. The van der Waals surface area contributed by atoms with Gasteiger partial charge in [-0.15, -0.1) is 0 Å². The zero-order valence-electron chi connectivity index (χ0n) is 14.7. The fourth-order valence-electron chi connectivity index (χ4n) is 2.56. The summed E-state index contributed by atoms with van der Waals surface area (Å²) >= 11 is 0. The first kappa shape index (κ1) is 18.5. The Bertz CT molecular complexity index is 881. The van der Waals surface area contributed by atoms with E-state index in [2.05, 4.69) is 0 Å². The SMILES string of the molecule is N[C@H](C(=O)O)c1ccc(OCc2ccccc2)c(OCc2ccccc2)c1. The molecule has 0 aromatic heterocycles. The number of aliphatic carboxylic acids is 1. The monoisotopic (exact) mass is 363 g/mol. The van der Waals surface area contributed by atoms with E-state index in [9.17, 15) is 4.79 Å². The molecule has 138 valence electrons. The molecule has 1 atom stereocenters. The highest BCUT2D eigenvalue weighted by atomic mass is 16.5. The van der Waals surface area contributed by atoms with Gasteiger partial charge < -0.3 is 20.3 Å². The van der Waals surface area contributed by atoms with E-state index in [0.717, 1.165) is 11.1 Å². The summed E-state index contributed by atoms with van der Waals surface area (Å²) in [7, 11) is 0. The number of ether oxygens (including phenoxy) is 2. The second-order valence-corrected chi connectivity index (χ2v) is 6.07. The van der Waals surface area contributed by atoms with Crippen molar-refractivity contribution in [1.82, 2.24) is 0 Å². The minimum absolute atomic E-state index is 0.342. The molecule has 0 unspecified atom stereocenters. The van der Waals surface area contributed by atoms with Crippen molar-refractivity contribution in [2.45, 2.75) is 19.3 Å². The lowest BCUT2D eigenvalue weighted by molar-refractivity contribution is -0.138. The summed E-state index contributed by atoms with van der Waals surface area (Å²) < 4.78 is 11.8. The topological polar surface area (TPSA) is 81.8 Å². The van der Waals surface area contributed by atoms with Gasteiger partial charge in [0.25, 0.3) is 0 Å². The normalized spacial score (nSPS) is 11.6. The molecule has 0 fully saturated rings. The Morgan fingerprint density at radius 2 is 1.33 bits per heavy atom. The van der Waals surface area contributed by atoms with Crippen molar-refractivity contribution < 1.29 is 19.4 Å². The summed E-state index contributed by atoms with van der Waals surface area (Å²) in [5, 5.41) is 9.16. The number of hydrogen-bond acceptors (Lipinski definition) is 4. The van der Waals surface area contributed by atoms with Gasteiger partial charge in [0.05, 0.1) is 0 Å². The molecule has 5 heteroatoms. The van der Waals surface area contributed by atoms with Gasteiger partial charge in [-0.3, -0.25) is 4.79 Å². The molecule has 0 radical (unpaired) electrons. The van der Waals surface area contributed by atoms with Gasteiger partial charge in [0.2, 0.25) is 0 Å². The summed E-state index contributed by atoms with van der Waals surface area (Å²) in [5.41, 5.74) is 8.21. The molecule has 0 spiro atoms. The standard InChI is InChI=1S/C22H21NO4/c23-21(22(24)25)18-11-12-19(26-14-16-7-3-1-4-8-16)20(13-18)27-15-17-9-5-2-6-10-17/h1-13,21H,14-15,23H2,(H,24,25)/t21-/m0/s1. The van der Waals surface area contributed by atoms with E-state index in [-0.39, 0.29) is 0 Å². The number of carboxylic acid groups (broad SMARTS) is 1. The molecule has 27 heavy (non-hydrogen) atoms. The molecule has 0 amide bonds. The van der Waals surface area contributed by atoms with E-state index in [0.29, 0.717) is 30.3 Å². The Hall–Kier alpha value is -3.31. The molecule has 0 aliphatic heterocycles. The molecule has 0 saturated heterocycles. The van der Waals surface area contributed by atoms with Crippen molar-refractivity contribution in [2.24, 2.45) is 5.73 Å². The Morgan fingerprint density at radius 1 is 0.815 bits per heavy atom. The van der Waals surface area contributed by atoms with Gasteiger partial charge in [0.1, 0.15) is 19.3 Å². The van der Waals surface area contributed by atoms with Crippen molar-refractivity contribution in [3.05, 3.63) is 95.6 Å². The van der Waals surface area contributed by atoms with Crippen LogP contribution >= 0.6 is 0 Å². The Morgan fingerprint density at radius 3 is 1.85 bits per heavy atom. The van der Waals surface area contributed by atoms with Crippen LogP contribution in [0.5, 0.6) is 11.5 Å². The van der Waals surface area contributed by atoms with Crippen LogP contribution in [0, 0.1) is 0 Å². The summed E-state index contributed by atoms with van der Waals surface area (Å²) in [6, 6.07) is 23.3. The lowest BCUT2D eigenvalue weighted by Gasteiger charge is -2.16. The van der Waals surface area contributed by atoms with Crippen LogP contribution in [0.1, 0.15) is 22.7 Å². The molecule has 0 heterocycles. The van der Waals surface area contributed by atoms with Crippen LogP contribution in [0.25, 0.3) is 0 Å². The van der Waals surface area contributed by atoms with Crippen molar-refractivity contribution in [1.29, 1.82) is 0 Å². The van der Waals surface area contributed by atoms with E-state index in [1.807, 2.05) is 60.7 Å². The van der Waals surface area contributed by atoms with Crippen molar-refractivity contribution in [3.63, 3.8) is 0 Å². The van der Waals surface area contributed by atoms with E-state index in [4.69, 9.17) is 20.3 Å². The lowest BCUT2D eigenvalue weighted by Crippen LogP contribution is -2.20. The predicted molar refractivity (Wildman–Crippen MR) is 103 cm³/mol. The Labute approximate surface area is 158 Å². The fourth-order valence-corrected chi connectivity index (χ4v) is 2.56. The minimum atomic E-state index is -1.12. The summed E-state index contributed by atoms with van der Waals surface area (Å²) in [6.07, 6.45) is 0. The zero-order chi connectivity index (χ0) is 19.1. The molecule has 0 saturated carbocycles. The predicted octanol–water partition coefficient (Wildman–Crippen LogP) is 3.93. The molecule has 0 bridgehead atoms. The van der Waals surface area contributed by atoms with Crippen LogP contribution < -0.4 is 15.2 Å². The van der Waals surface area contributed by atoms with Crippen LogP contribution in [-0.4, -0.2) is 11.1 Å². The molecule has 3 rings (SSSR count). The summed E-state index contributed by atoms with van der Waals surface area (Å²) in [5.74, 6) is -0.0953. The average Bonchev–Trinajstić information content (AvgIpc) is 2.72. The molecule has 5 nitrogen and oxygen atoms in total. The molecular formula is C22H21NO4. The molecular weight excluding hydrogens is 342 g/mol. The second kappa shape index (κ2) is 8.87. The van der Waals surface area contributed by atoms with Crippen LogP contribution in [0.2, 0.25) is 0 Å². The third kappa shape index (κ3) is 5.09. The maximum atomic E-state index is 11.2. The largest absolute Gasteiger partial charge is 0.485 e. The molecule has 0 aliphatic rings. The van der Waals surface area contributed by atoms with Gasteiger partial charge in [-0.2, -0.15) is 0 Å². The number of benzene rings is 3. The maximum absolute atomic E-state index is 11.2. The number of nitrogens with two attached hydrogens (primary N) is 1. The Balaban J connectivity index is 1.80. The average molecular weight is 363 g/mol. The first-order valence-electron chi connectivity index (χ1n) is 8.59. The van der Waals surface area contributed by atoms with E-state index < -0.39 is 12.0 Å².